The standard InChI is InChI=1S/C20H25NO4.ClH/c1-3-14(12-21-7-5-4-6-8-21)19(22)16-10-15-11-18(20(23)24)25-17(15)9-13(16)2;/h9-11,14H,3-8,12H2,1-2H3,(H,23,24);1H. The molecule has 1 fully saturated rings. The van der Waals surface area contributed by atoms with Gasteiger partial charge in [0.2, 0.25) is 5.76 Å². The molecule has 2 aromatic rings. The Morgan fingerprint density at radius 2 is 1.88 bits per heavy atom. The summed E-state index contributed by atoms with van der Waals surface area (Å²) < 4.78 is 5.33. The van der Waals surface area contributed by atoms with Gasteiger partial charge in [-0.15, -0.1) is 12.4 Å². The summed E-state index contributed by atoms with van der Waals surface area (Å²) in [6.45, 7) is 6.89. The molecule has 2 heterocycles. The Balaban J connectivity index is 0.00000243. The van der Waals surface area contributed by atoms with Crippen molar-refractivity contribution in [2.75, 3.05) is 19.6 Å². The SMILES string of the molecule is CCC(CN1CCCCC1)C(=O)c1cc2cc(C(=O)O)oc2cc1C.Cl. The van der Waals surface area contributed by atoms with Crippen LogP contribution in [0, 0.1) is 12.8 Å². The second kappa shape index (κ2) is 8.69. The second-order valence-corrected chi connectivity index (χ2v) is 6.95. The second-order valence-electron chi connectivity index (χ2n) is 6.95. The number of benzene rings is 1. The van der Waals surface area contributed by atoms with E-state index in [1.54, 1.807) is 12.1 Å². The van der Waals surface area contributed by atoms with E-state index in [2.05, 4.69) is 11.8 Å². The van der Waals surface area contributed by atoms with Crippen LogP contribution in [0.4, 0.5) is 0 Å². The van der Waals surface area contributed by atoms with Gasteiger partial charge in [0, 0.05) is 23.4 Å². The van der Waals surface area contributed by atoms with E-state index in [-0.39, 0.29) is 29.9 Å². The number of likely N-dealkylation sites (tertiary alicyclic amines) is 1. The van der Waals surface area contributed by atoms with Crippen molar-refractivity contribution in [3.63, 3.8) is 0 Å². The van der Waals surface area contributed by atoms with E-state index < -0.39 is 5.97 Å². The van der Waals surface area contributed by atoms with Crippen molar-refractivity contribution in [3.8, 4) is 0 Å². The molecule has 1 atom stereocenters. The van der Waals surface area contributed by atoms with Crippen molar-refractivity contribution in [2.45, 2.75) is 39.5 Å². The first-order valence-electron chi connectivity index (χ1n) is 9.03. The minimum absolute atomic E-state index is 0. The van der Waals surface area contributed by atoms with E-state index in [1.165, 1.54) is 25.3 Å². The molecule has 1 aliphatic heterocycles. The predicted molar refractivity (Wildman–Crippen MR) is 104 cm³/mol. The smallest absolute Gasteiger partial charge is 0.371 e. The third-order valence-corrected chi connectivity index (χ3v) is 5.13. The quantitative estimate of drug-likeness (QED) is 0.745. The molecule has 0 aliphatic carbocycles. The molecule has 1 aliphatic rings. The van der Waals surface area contributed by atoms with Crippen LogP contribution >= 0.6 is 12.4 Å². The van der Waals surface area contributed by atoms with Crippen LogP contribution in [0.25, 0.3) is 11.0 Å². The molecule has 26 heavy (non-hydrogen) atoms. The normalized spacial score (nSPS) is 16.2. The zero-order valence-electron chi connectivity index (χ0n) is 15.3. The van der Waals surface area contributed by atoms with Crippen LogP contribution in [-0.4, -0.2) is 41.4 Å². The minimum atomic E-state index is -1.10. The van der Waals surface area contributed by atoms with Gasteiger partial charge in [-0.05, 0) is 63.0 Å². The Bertz CT molecular complexity index is 792. The number of halogens is 1. The Hall–Kier alpha value is -1.85. The molecule has 1 aromatic heterocycles. The number of fused-ring (bicyclic) bond motifs is 1. The first kappa shape index (κ1) is 20.5. The highest BCUT2D eigenvalue weighted by molar-refractivity contribution is 6.03. The lowest BCUT2D eigenvalue weighted by Crippen LogP contribution is -2.36. The largest absolute Gasteiger partial charge is 0.475 e. The van der Waals surface area contributed by atoms with Gasteiger partial charge in [-0.2, -0.15) is 0 Å². The number of carbonyl (C=O) groups excluding carboxylic acids is 1. The van der Waals surface area contributed by atoms with Gasteiger partial charge in [0.15, 0.2) is 5.78 Å². The predicted octanol–water partition coefficient (Wildman–Crippen LogP) is 4.56. The van der Waals surface area contributed by atoms with Crippen molar-refractivity contribution in [1.29, 1.82) is 0 Å². The zero-order chi connectivity index (χ0) is 18.0. The number of ketones is 1. The van der Waals surface area contributed by atoms with Crippen LogP contribution < -0.4 is 0 Å². The molecule has 1 aromatic carbocycles. The third-order valence-electron chi connectivity index (χ3n) is 5.13. The Morgan fingerprint density at radius 1 is 1.19 bits per heavy atom. The van der Waals surface area contributed by atoms with Crippen LogP contribution in [0.15, 0.2) is 22.6 Å². The average Bonchev–Trinajstić information content (AvgIpc) is 3.02. The number of carboxylic acids is 1. The number of rotatable bonds is 6. The Labute approximate surface area is 159 Å². The van der Waals surface area contributed by atoms with Crippen molar-refractivity contribution in [2.24, 2.45) is 5.92 Å². The van der Waals surface area contributed by atoms with Crippen LogP contribution in [-0.2, 0) is 0 Å². The molecule has 0 radical (unpaired) electrons. The monoisotopic (exact) mass is 379 g/mol. The van der Waals surface area contributed by atoms with E-state index in [0.717, 1.165) is 31.6 Å². The van der Waals surface area contributed by atoms with E-state index in [9.17, 15) is 9.59 Å². The molecular formula is C20H26ClNO4. The zero-order valence-corrected chi connectivity index (χ0v) is 16.1. The van der Waals surface area contributed by atoms with E-state index in [1.807, 2.05) is 6.92 Å². The highest BCUT2D eigenvalue weighted by Gasteiger charge is 2.24. The lowest BCUT2D eigenvalue weighted by atomic mass is 9.91. The number of piperidine rings is 1. The van der Waals surface area contributed by atoms with Gasteiger partial charge in [-0.3, -0.25) is 4.79 Å². The van der Waals surface area contributed by atoms with Gasteiger partial charge in [0.1, 0.15) is 5.58 Å². The number of aryl methyl sites for hydroxylation is 1. The molecule has 1 N–H and O–H groups in total. The molecule has 0 saturated carbocycles. The van der Waals surface area contributed by atoms with Gasteiger partial charge in [-0.25, -0.2) is 4.79 Å². The van der Waals surface area contributed by atoms with Gasteiger partial charge in [0.25, 0.3) is 0 Å². The van der Waals surface area contributed by atoms with Crippen LogP contribution in [0.5, 0.6) is 0 Å². The minimum Gasteiger partial charge on any atom is -0.475 e. The number of aromatic carboxylic acids is 1. The highest BCUT2D eigenvalue weighted by Crippen LogP contribution is 2.26. The van der Waals surface area contributed by atoms with Crippen molar-refractivity contribution in [3.05, 3.63) is 35.1 Å². The number of furan rings is 1. The molecular weight excluding hydrogens is 354 g/mol. The molecule has 142 valence electrons. The lowest BCUT2D eigenvalue weighted by Gasteiger charge is -2.29. The number of carboxylic acid groups (broad SMARTS) is 1. The van der Waals surface area contributed by atoms with Gasteiger partial charge < -0.3 is 14.4 Å². The van der Waals surface area contributed by atoms with Gasteiger partial charge in [-0.1, -0.05) is 13.3 Å². The van der Waals surface area contributed by atoms with Gasteiger partial charge >= 0.3 is 5.97 Å². The summed E-state index contributed by atoms with van der Waals surface area (Å²) in [7, 11) is 0. The lowest BCUT2D eigenvalue weighted by molar-refractivity contribution is 0.0664. The number of hydrogen-bond donors (Lipinski definition) is 1. The Morgan fingerprint density at radius 3 is 2.50 bits per heavy atom. The first-order chi connectivity index (χ1) is 12.0. The summed E-state index contributed by atoms with van der Waals surface area (Å²) in [5.41, 5.74) is 2.02. The Kier molecular flexibility index (Phi) is 6.84. The highest BCUT2D eigenvalue weighted by atomic mass is 35.5. The molecule has 0 bridgehead atoms. The van der Waals surface area contributed by atoms with Crippen molar-refractivity contribution >= 4 is 35.1 Å². The molecule has 5 nitrogen and oxygen atoms in total. The molecule has 1 saturated heterocycles. The first-order valence-corrected chi connectivity index (χ1v) is 9.03. The molecule has 1 unspecified atom stereocenters. The number of Topliss-reactive ketones (excluding diaryl/α,β-unsaturated/α-hetero) is 1. The van der Waals surface area contributed by atoms with Crippen LogP contribution in [0.3, 0.4) is 0 Å². The topological polar surface area (TPSA) is 70.8 Å². The van der Waals surface area contributed by atoms with Crippen molar-refractivity contribution in [1.82, 2.24) is 4.90 Å². The fourth-order valence-electron chi connectivity index (χ4n) is 3.63. The van der Waals surface area contributed by atoms with E-state index >= 15 is 0 Å². The van der Waals surface area contributed by atoms with E-state index in [0.29, 0.717) is 16.5 Å². The third kappa shape index (κ3) is 4.27. The maximum atomic E-state index is 13.1. The average molecular weight is 380 g/mol. The summed E-state index contributed by atoms with van der Waals surface area (Å²) in [5, 5.41) is 9.74. The number of carbonyl (C=O) groups is 2. The number of hydrogen-bond acceptors (Lipinski definition) is 4. The summed E-state index contributed by atoms with van der Waals surface area (Å²) in [4.78, 5) is 26.6. The van der Waals surface area contributed by atoms with Crippen LogP contribution in [0.2, 0.25) is 0 Å². The summed E-state index contributed by atoms with van der Waals surface area (Å²) in [5.74, 6) is -1.08. The van der Waals surface area contributed by atoms with E-state index in [4.69, 9.17) is 9.52 Å². The van der Waals surface area contributed by atoms with Gasteiger partial charge in [0.05, 0.1) is 0 Å². The fourth-order valence-corrected chi connectivity index (χ4v) is 3.63. The fraction of sp³-hybridized carbons (Fsp3) is 0.500. The maximum Gasteiger partial charge on any atom is 0.371 e. The maximum absolute atomic E-state index is 13.1. The number of nitrogens with zero attached hydrogens (tertiary/aromatic N) is 1. The molecule has 0 amide bonds. The molecule has 3 rings (SSSR count). The van der Waals surface area contributed by atoms with Crippen LogP contribution in [0.1, 0.15) is 59.1 Å². The molecule has 6 heteroatoms. The summed E-state index contributed by atoms with van der Waals surface area (Å²) >= 11 is 0. The van der Waals surface area contributed by atoms with Crippen molar-refractivity contribution < 1.29 is 19.1 Å². The summed E-state index contributed by atoms with van der Waals surface area (Å²) in [6, 6.07) is 5.03. The molecule has 0 spiro atoms. The summed E-state index contributed by atoms with van der Waals surface area (Å²) in [6.07, 6.45) is 4.51.